The van der Waals surface area contributed by atoms with Crippen LogP contribution in [0.4, 0.5) is 4.79 Å². The number of methoxy groups -OCH3 is 1. The van der Waals surface area contributed by atoms with E-state index in [4.69, 9.17) is 4.74 Å². The molecular weight excluding hydrogens is 266 g/mol. The van der Waals surface area contributed by atoms with Crippen molar-refractivity contribution < 1.29 is 14.3 Å². The number of ether oxygens (including phenoxy) is 1. The van der Waals surface area contributed by atoms with Crippen molar-refractivity contribution in [1.82, 2.24) is 15.5 Å². The Balaban J connectivity index is 1.90. The van der Waals surface area contributed by atoms with E-state index in [9.17, 15) is 9.59 Å². The number of thioether (sulfide) groups is 1. The Hall–Kier alpha value is -0.790. The van der Waals surface area contributed by atoms with Gasteiger partial charge in [0, 0.05) is 32.0 Å². The second kappa shape index (κ2) is 7.12. The largest absolute Gasteiger partial charge is 0.383 e. The van der Waals surface area contributed by atoms with Gasteiger partial charge in [-0.15, -0.1) is 0 Å². The monoisotopic (exact) mass is 287 g/mol. The van der Waals surface area contributed by atoms with Crippen molar-refractivity contribution in [3.05, 3.63) is 0 Å². The summed E-state index contributed by atoms with van der Waals surface area (Å²) in [7, 11) is 1.63. The minimum absolute atomic E-state index is 0.00380. The number of hydrogen-bond donors (Lipinski definition) is 2. The molecule has 2 aliphatic rings. The van der Waals surface area contributed by atoms with Gasteiger partial charge in [-0.3, -0.25) is 9.59 Å². The van der Waals surface area contributed by atoms with Gasteiger partial charge >= 0.3 is 0 Å². The van der Waals surface area contributed by atoms with Crippen LogP contribution in [0.3, 0.4) is 0 Å². The summed E-state index contributed by atoms with van der Waals surface area (Å²) in [5.41, 5.74) is 0. The van der Waals surface area contributed by atoms with Crippen molar-refractivity contribution in [2.75, 3.05) is 39.1 Å². The SMILES string of the molecule is COCCN(CC1CCCN1)C(=O)C1CSC(=O)N1. The summed E-state index contributed by atoms with van der Waals surface area (Å²) in [5, 5.41) is 5.99. The van der Waals surface area contributed by atoms with Crippen molar-refractivity contribution in [3.63, 3.8) is 0 Å². The molecule has 0 aromatic heterocycles. The van der Waals surface area contributed by atoms with E-state index in [0.717, 1.165) is 19.4 Å². The molecule has 2 aliphatic heterocycles. The quantitative estimate of drug-likeness (QED) is 0.722. The second-order valence-electron chi connectivity index (χ2n) is 4.87. The van der Waals surface area contributed by atoms with Crippen LogP contribution in [0.2, 0.25) is 0 Å². The molecule has 0 radical (unpaired) electrons. The van der Waals surface area contributed by atoms with E-state index in [1.807, 2.05) is 4.90 Å². The zero-order valence-electron chi connectivity index (χ0n) is 11.2. The zero-order valence-corrected chi connectivity index (χ0v) is 12.0. The molecule has 2 N–H and O–H groups in total. The van der Waals surface area contributed by atoms with Crippen molar-refractivity contribution in [1.29, 1.82) is 0 Å². The molecule has 108 valence electrons. The Morgan fingerprint density at radius 3 is 3.00 bits per heavy atom. The average molecular weight is 287 g/mol. The Morgan fingerprint density at radius 1 is 1.58 bits per heavy atom. The molecule has 19 heavy (non-hydrogen) atoms. The summed E-state index contributed by atoms with van der Waals surface area (Å²) < 4.78 is 5.06. The molecular formula is C12H21N3O3S. The minimum Gasteiger partial charge on any atom is -0.383 e. The third-order valence-corrected chi connectivity index (χ3v) is 4.33. The first-order chi connectivity index (χ1) is 9.20. The number of carbonyl (C=O) groups is 2. The summed E-state index contributed by atoms with van der Waals surface area (Å²) in [6.07, 6.45) is 2.26. The average Bonchev–Trinajstić information content (AvgIpc) is 3.05. The topological polar surface area (TPSA) is 70.7 Å². The van der Waals surface area contributed by atoms with Crippen LogP contribution in [0.1, 0.15) is 12.8 Å². The summed E-state index contributed by atoms with van der Waals surface area (Å²) in [4.78, 5) is 25.4. The predicted molar refractivity (Wildman–Crippen MR) is 74.3 cm³/mol. The number of nitrogens with one attached hydrogen (secondary N) is 2. The maximum Gasteiger partial charge on any atom is 0.279 e. The van der Waals surface area contributed by atoms with Crippen LogP contribution in [0, 0.1) is 0 Å². The molecule has 2 atom stereocenters. The summed E-state index contributed by atoms with van der Waals surface area (Å²) in [5.74, 6) is 0.531. The number of hydrogen-bond acceptors (Lipinski definition) is 5. The lowest BCUT2D eigenvalue weighted by atomic mass is 10.2. The van der Waals surface area contributed by atoms with Gasteiger partial charge < -0.3 is 20.3 Å². The van der Waals surface area contributed by atoms with Gasteiger partial charge in [0.25, 0.3) is 5.24 Å². The van der Waals surface area contributed by atoms with Crippen LogP contribution in [0.15, 0.2) is 0 Å². The van der Waals surface area contributed by atoms with E-state index >= 15 is 0 Å². The van der Waals surface area contributed by atoms with Crippen LogP contribution in [-0.2, 0) is 9.53 Å². The smallest absolute Gasteiger partial charge is 0.279 e. The standard InChI is InChI=1S/C12H21N3O3S/c1-18-6-5-15(7-9-3-2-4-13-9)11(16)10-8-19-12(17)14-10/h9-10,13H,2-8H2,1H3,(H,14,17). The number of rotatable bonds is 6. The number of carbonyl (C=O) groups excluding carboxylic acids is 2. The van der Waals surface area contributed by atoms with Crippen LogP contribution in [0.5, 0.6) is 0 Å². The fraction of sp³-hybridized carbons (Fsp3) is 0.833. The molecule has 2 heterocycles. The van der Waals surface area contributed by atoms with Gasteiger partial charge in [0.15, 0.2) is 0 Å². The lowest BCUT2D eigenvalue weighted by Crippen LogP contribution is -2.50. The fourth-order valence-corrected chi connectivity index (χ4v) is 3.18. The molecule has 2 unspecified atom stereocenters. The molecule has 2 saturated heterocycles. The lowest BCUT2D eigenvalue weighted by Gasteiger charge is -2.27. The van der Waals surface area contributed by atoms with E-state index in [1.165, 1.54) is 11.8 Å². The molecule has 0 spiro atoms. The molecule has 0 bridgehead atoms. The summed E-state index contributed by atoms with van der Waals surface area (Å²) >= 11 is 1.17. The van der Waals surface area contributed by atoms with Gasteiger partial charge in [0.1, 0.15) is 6.04 Å². The fourth-order valence-electron chi connectivity index (χ4n) is 2.41. The summed E-state index contributed by atoms with van der Waals surface area (Å²) in [6, 6.07) is -0.0127. The zero-order chi connectivity index (χ0) is 13.7. The molecule has 2 amide bonds. The lowest BCUT2D eigenvalue weighted by molar-refractivity contribution is -0.133. The van der Waals surface area contributed by atoms with Gasteiger partial charge in [-0.2, -0.15) is 0 Å². The number of amides is 2. The van der Waals surface area contributed by atoms with Crippen LogP contribution < -0.4 is 10.6 Å². The maximum atomic E-state index is 12.4. The van der Waals surface area contributed by atoms with Crippen LogP contribution in [-0.4, -0.2) is 67.2 Å². The Morgan fingerprint density at radius 2 is 2.42 bits per heavy atom. The highest BCUT2D eigenvalue weighted by atomic mass is 32.2. The van der Waals surface area contributed by atoms with Gasteiger partial charge in [0.05, 0.1) is 6.61 Å². The molecule has 0 saturated carbocycles. The minimum atomic E-state index is -0.379. The van der Waals surface area contributed by atoms with E-state index in [0.29, 0.717) is 31.5 Å². The third kappa shape index (κ3) is 4.09. The molecule has 0 aromatic rings. The van der Waals surface area contributed by atoms with Crippen molar-refractivity contribution in [3.8, 4) is 0 Å². The first-order valence-electron chi connectivity index (χ1n) is 6.65. The van der Waals surface area contributed by atoms with Crippen molar-refractivity contribution in [2.24, 2.45) is 0 Å². The Labute approximate surface area is 117 Å². The van der Waals surface area contributed by atoms with E-state index in [-0.39, 0.29) is 17.2 Å². The van der Waals surface area contributed by atoms with E-state index in [2.05, 4.69) is 10.6 Å². The summed E-state index contributed by atoms with van der Waals surface area (Å²) in [6.45, 7) is 2.81. The predicted octanol–water partition coefficient (Wildman–Crippen LogP) is 0.0384. The van der Waals surface area contributed by atoms with Crippen molar-refractivity contribution >= 4 is 22.9 Å². The van der Waals surface area contributed by atoms with E-state index < -0.39 is 0 Å². The molecule has 2 fully saturated rings. The van der Waals surface area contributed by atoms with Gasteiger partial charge in [0.2, 0.25) is 5.91 Å². The Kier molecular flexibility index (Phi) is 5.47. The maximum absolute atomic E-state index is 12.4. The van der Waals surface area contributed by atoms with E-state index in [1.54, 1.807) is 7.11 Å². The second-order valence-corrected chi connectivity index (χ2v) is 5.86. The Bertz CT molecular complexity index is 334. The van der Waals surface area contributed by atoms with Crippen LogP contribution >= 0.6 is 11.8 Å². The van der Waals surface area contributed by atoms with Crippen molar-refractivity contribution in [2.45, 2.75) is 24.9 Å². The highest BCUT2D eigenvalue weighted by Gasteiger charge is 2.32. The highest BCUT2D eigenvalue weighted by Crippen LogP contribution is 2.16. The third-order valence-electron chi connectivity index (χ3n) is 3.45. The van der Waals surface area contributed by atoms with Gasteiger partial charge in [-0.25, -0.2) is 0 Å². The number of nitrogens with zero attached hydrogens (tertiary/aromatic N) is 1. The highest BCUT2D eigenvalue weighted by molar-refractivity contribution is 8.14. The molecule has 0 aromatic carbocycles. The van der Waals surface area contributed by atoms with Gasteiger partial charge in [-0.05, 0) is 19.4 Å². The van der Waals surface area contributed by atoms with Gasteiger partial charge in [-0.1, -0.05) is 11.8 Å². The molecule has 6 nitrogen and oxygen atoms in total. The molecule has 0 aliphatic carbocycles. The molecule has 7 heteroatoms. The van der Waals surface area contributed by atoms with Crippen LogP contribution in [0.25, 0.3) is 0 Å². The molecule has 2 rings (SSSR count). The normalized spacial score (nSPS) is 26.5. The first kappa shape index (κ1) is 14.6. The first-order valence-corrected chi connectivity index (χ1v) is 7.63.